The van der Waals surface area contributed by atoms with Gasteiger partial charge in [0.1, 0.15) is 35.7 Å². The molecule has 0 bridgehead atoms. The van der Waals surface area contributed by atoms with Crippen LogP contribution in [-0.4, -0.2) is 50.6 Å². The Bertz CT molecular complexity index is 1920. The number of carbonyl (C=O) groups excluding carboxylic acids is 3. The summed E-state index contributed by atoms with van der Waals surface area (Å²) in [4.78, 5) is 40.1. The normalized spacial score (nSPS) is 10.1. The van der Waals surface area contributed by atoms with Crippen molar-refractivity contribution in [2.75, 3.05) is 26.0 Å². The largest absolute Gasteiger partial charge is 0.455 e. The van der Waals surface area contributed by atoms with Crippen molar-refractivity contribution in [2.45, 2.75) is 13.8 Å². The van der Waals surface area contributed by atoms with E-state index in [1.165, 1.54) is 23.5 Å². The molecule has 0 aliphatic rings. The standard InChI is InChI=1S/C30H22ClFN4O2S.C2H6.2CH2O/c1-33-29(37)26-22-13-21(23(36(2)3)14-24(22)38-27(26)16-7-9-20(32)10-8-16)17-5-4-6-18(11-17)30-35-28-25(39-30)12-19(31)15-34-28;3*1-2/h4-15H,1-3H3,(H,33,37);1-2H3;2*1H2. The van der Waals surface area contributed by atoms with Crippen molar-refractivity contribution in [3.05, 3.63) is 89.3 Å². The first-order valence-corrected chi connectivity index (χ1v) is 14.9. The molecule has 0 aliphatic heterocycles. The van der Waals surface area contributed by atoms with E-state index in [-0.39, 0.29) is 11.7 Å². The third kappa shape index (κ3) is 7.25. The summed E-state index contributed by atoms with van der Waals surface area (Å²) in [5.41, 5.74) is 5.97. The minimum atomic E-state index is -0.361. The smallest absolute Gasteiger partial charge is 0.255 e. The number of nitrogens with zero attached hydrogens (tertiary/aromatic N) is 3. The van der Waals surface area contributed by atoms with Crippen molar-refractivity contribution >= 4 is 69.4 Å². The molecule has 3 aromatic heterocycles. The van der Waals surface area contributed by atoms with Gasteiger partial charge >= 0.3 is 0 Å². The Balaban J connectivity index is 0.000000870. The first kappa shape index (κ1) is 34.6. The fraction of sp³-hybridized carbons (Fsp3) is 0.147. The van der Waals surface area contributed by atoms with E-state index in [0.717, 1.165) is 32.1 Å². The van der Waals surface area contributed by atoms with E-state index in [1.807, 2.05) is 82.8 Å². The number of halogens is 2. The van der Waals surface area contributed by atoms with Crippen LogP contribution in [0.3, 0.4) is 0 Å². The van der Waals surface area contributed by atoms with Gasteiger partial charge < -0.3 is 24.2 Å². The van der Waals surface area contributed by atoms with Crippen LogP contribution in [0.5, 0.6) is 0 Å². The van der Waals surface area contributed by atoms with E-state index in [2.05, 4.69) is 16.4 Å². The predicted octanol–water partition coefficient (Wildman–Crippen LogP) is 8.31. The van der Waals surface area contributed by atoms with Crippen LogP contribution in [0.25, 0.3) is 54.3 Å². The summed E-state index contributed by atoms with van der Waals surface area (Å²) in [7, 11) is 5.50. The average molecular weight is 647 g/mol. The maximum absolute atomic E-state index is 13.6. The van der Waals surface area contributed by atoms with Gasteiger partial charge in [0.25, 0.3) is 5.91 Å². The van der Waals surface area contributed by atoms with Crippen LogP contribution < -0.4 is 10.2 Å². The van der Waals surface area contributed by atoms with Gasteiger partial charge in [0.15, 0.2) is 5.65 Å². The predicted molar refractivity (Wildman–Crippen MR) is 182 cm³/mol. The van der Waals surface area contributed by atoms with Crippen molar-refractivity contribution in [1.29, 1.82) is 0 Å². The number of benzene rings is 3. The summed E-state index contributed by atoms with van der Waals surface area (Å²) in [5.74, 6) is -0.257. The topological polar surface area (TPSA) is 105 Å². The third-order valence-corrected chi connectivity index (χ3v) is 7.73. The first-order valence-electron chi connectivity index (χ1n) is 13.7. The van der Waals surface area contributed by atoms with Crippen molar-refractivity contribution in [3.8, 4) is 33.0 Å². The lowest BCUT2D eigenvalue weighted by Gasteiger charge is -2.18. The van der Waals surface area contributed by atoms with E-state index in [4.69, 9.17) is 30.6 Å². The van der Waals surface area contributed by atoms with Crippen LogP contribution >= 0.6 is 22.9 Å². The SMILES string of the molecule is C=O.C=O.CC.CNC(=O)c1c(-c2ccc(F)cc2)oc2cc(N(C)C)c(-c3cccc(-c4nc5ncc(Cl)cc5s4)c3)cc12. The molecule has 3 aromatic carbocycles. The Morgan fingerprint density at radius 3 is 2.27 bits per heavy atom. The van der Waals surface area contributed by atoms with Crippen LogP contribution in [0.15, 0.2) is 77.3 Å². The van der Waals surface area contributed by atoms with Crippen LogP contribution in [0.2, 0.25) is 5.02 Å². The number of furan rings is 1. The van der Waals surface area contributed by atoms with Crippen LogP contribution in [-0.2, 0) is 9.59 Å². The molecular weight excluding hydrogens is 615 g/mol. The minimum absolute atomic E-state index is 0.286. The Morgan fingerprint density at radius 2 is 1.62 bits per heavy atom. The van der Waals surface area contributed by atoms with E-state index in [1.54, 1.807) is 25.4 Å². The number of hydrogen-bond donors (Lipinski definition) is 1. The fourth-order valence-electron chi connectivity index (χ4n) is 4.63. The lowest BCUT2D eigenvalue weighted by Crippen LogP contribution is -2.18. The van der Waals surface area contributed by atoms with Crippen LogP contribution in [0.4, 0.5) is 10.1 Å². The van der Waals surface area contributed by atoms with E-state index < -0.39 is 0 Å². The molecule has 0 unspecified atom stereocenters. The quantitative estimate of drug-likeness (QED) is 0.201. The number of anilines is 1. The summed E-state index contributed by atoms with van der Waals surface area (Å²) in [6, 6.07) is 19.8. The Morgan fingerprint density at radius 1 is 0.956 bits per heavy atom. The molecule has 0 aliphatic carbocycles. The highest BCUT2D eigenvalue weighted by atomic mass is 35.5. The van der Waals surface area contributed by atoms with Gasteiger partial charge in [-0.15, -0.1) is 11.3 Å². The van der Waals surface area contributed by atoms with Gasteiger partial charge in [0.2, 0.25) is 0 Å². The van der Waals surface area contributed by atoms with Crippen molar-refractivity contribution < 1.29 is 23.2 Å². The fourth-order valence-corrected chi connectivity index (χ4v) is 5.81. The van der Waals surface area contributed by atoms with Gasteiger partial charge in [-0.3, -0.25) is 4.79 Å². The van der Waals surface area contributed by atoms with Gasteiger partial charge in [0, 0.05) is 61.2 Å². The molecule has 6 rings (SSSR count). The molecule has 1 N–H and O–H groups in total. The van der Waals surface area contributed by atoms with Crippen LogP contribution in [0.1, 0.15) is 24.2 Å². The number of fused-ring (bicyclic) bond motifs is 2. The molecule has 1 amide bonds. The van der Waals surface area contributed by atoms with E-state index in [0.29, 0.717) is 38.5 Å². The number of amides is 1. The maximum atomic E-state index is 13.6. The molecule has 8 nitrogen and oxygen atoms in total. The number of rotatable bonds is 5. The summed E-state index contributed by atoms with van der Waals surface area (Å²) < 4.78 is 20.8. The van der Waals surface area contributed by atoms with E-state index >= 15 is 0 Å². The number of nitrogens with one attached hydrogen (secondary N) is 1. The second-order valence-corrected chi connectivity index (χ2v) is 10.7. The summed E-state index contributed by atoms with van der Waals surface area (Å²) >= 11 is 7.66. The van der Waals surface area contributed by atoms with Crippen LogP contribution in [0, 0.1) is 5.82 Å². The number of pyridine rings is 1. The highest BCUT2D eigenvalue weighted by Gasteiger charge is 2.24. The molecule has 0 atom stereocenters. The maximum Gasteiger partial charge on any atom is 0.255 e. The molecule has 0 radical (unpaired) electrons. The highest BCUT2D eigenvalue weighted by molar-refractivity contribution is 7.21. The van der Waals surface area contributed by atoms with E-state index in [9.17, 15) is 9.18 Å². The summed E-state index contributed by atoms with van der Waals surface area (Å²) in [5, 5.41) is 4.79. The second kappa shape index (κ2) is 15.7. The first-order chi connectivity index (χ1) is 21.8. The molecular formula is C34H32ClFN4O4S. The van der Waals surface area contributed by atoms with Gasteiger partial charge in [-0.05, 0) is 48.0 Å². The number of hydrogen-bond acceptors (Lipinski definition) is 8. The summed E-state index contributed by atoms with van der Waals surface area (Å²) in [6.45, 7) is 8.00. The zero-order valence-electron chi connectivity index (χ0n) is 25.5. The van der Waals surface area contributed by atoms with Gasteiger partial charge in [-0.2, -0.15) is 0 Å². The van der Waals surface area contributed by atoms with Gasteiger partial charge in [0.05, 0.1) is 15.3 Å². The summed E-state index contributed by atoms with van der Waals surface area (Å²) in [6.07, 6.45) is 1.59. The number of aromatic nitrogens is 2. The van der Waals surface area contributed by atoms with Crippen molar-refractivity contribution in [2.24, 2.45) is 0 Å². The molecule has 3 heterocycles. The minimum Gasteiger partial charge on any atom is -0.455 e. The molecule has 11 heteroatoms. The average Bonchev–Trinajstić information content (AvgIpc) is 3.68. The Labute approximate surface area is 269 Å². The lowest BCUT2D eigenvalue weighted by atomic mass is 9.97. The van der Waals surface area contributed by atoms with Gasteiger partial charge in [-0.25, -0.2) is 14.4 Å². The highest BCUT2D eigenvalue weighted by Crippen LogP contribution is 2.41. The van der Waals surface area contributed by atoms with Crippen molar-refractivity contribution in [3.63, 3.8) is 0 Å². The lowest BCUT2D eigenvalue weighted by molar-refractivity contribution is -0.0987. The molecule has 0 fully saturated rings. The van der Waals surface area contributed by atoms with Gasteiger partial charge in [-0.1, -0.05) is 43.6 Å². The zero-order valence-corrected chi connectivity index (χ0v) is 27.1. The third-order valence-electron chi connectivity index (χ3n) is 6.48. The molecule has 232 valence electrons. The zero-order chi connectivity index (χ0) is 33.3. The molecule has 45 heavy (non-hydrogen) atoms. The second-order valence-electron chi connectivity index (χ2n) is 9.23. The number of thiazole rings is 1. The molecule has 0 spiro atoms. The Hall–Kier alpha value is -4.93. The number of carbonyl (C=O) groups is 3. The molecule has 6 aromatic rings. The Kier molecular flexibility index (Phi) is 12.1. The monoisotopic (exact) mass is 646 g/mol. The molecule has 0 saturated heterocycles. The molecule has 0 saturated carbocycles. The van der Waals surface area contributed by atoms with Crippen molar-refractivity contribution in [1.82, 2.24) is 15.3 Å².